The van der Waals surface area contributed by atoms with E-state index in [0.717, 1.165) is 17.1 Å². The Kier molecular flexibility index (Phi) is 8.45. The van der Waals surface area contributed by atoms with Crippen LogP contribution in [0.1, 0.15) is 33.6 Å². The molecule has 0 spiro atoms. The molecule has 14 heteroatoms. The van der Waals surface area contributed by atoms with Gasteiger partial charge in [0.25, 0.3) is 17.7 Å². The smallest absolute Gasteiger partial charge is 0.269 e. The first-order valence-corrected chi connectivity index (χ1v) is 13.8. The first-order chi connectivity index (χ1) is 16.9. The molecule has 3 amide bonds. The topological polar surface area (TPSA) is 162 Å². The van der Waals surface area contributed by atoms with Crippen molar-refractivity contribution in [3.05, 3.63) is 59.7 Å². The summed E-state index contributed by atoms with van der Waals surface area (Å²) in [6.07, 6.45) is 1.63. The molecule has 3 N–H and O–H groups in total. The third-order valence-corrected chi connectivity index (χ3v) is 9.18. The van der Waals surface area contributed by atoms with Crippen LogP contribution in [0.5, 0.6) is 0 Å². The number of nitrogens with zero attached hydrogens (tertiary/aromatic N) is 2. The Labute approximate surface area is 209 Å². The van der Waals surface area contributed by atoms with Crippen LogP contribution in [-0.4, -0.2) is 76.9 Å². The zero-order valence-electron chi connectivity index (χ0n) is 19.7. The van der Waals surface area contributed by atoms with E-state index < -0.39 is 44.3 Å². The van der Waals surface area contributed by atoms with E-state index in [1.165, 1.54) is 66.9 Å². The second kappa shape index (κ2) is 11.2. The van der Waals surface area contributed by atoms with Crippen LogP contribution in [-0.2, 0) is 24.8 Å². The van der Waals surface area contributed by atoms with Gasteiger partial charge >= 0.3 is 0 Å². The van der Waals surface area contributed by atoms with Crippen LogP contribution in [0.3, 0.4) is 0 Å². The number of carbonyl (C=O) groups is 3. The minimum absolute atomic E-state index is 0.0116. The summed E-state index contributed by atoms with van der Waals surface area (Å²) in [6, 6.07) is 10.6. The lowest BCUT2D eigenvalue weighted by atomic mass is 10.2. The summed E-state index contributed by atoms with van der Waals surface area (Å²) in [5, 5.41) is 2.38. The van der Waals surface area contributed by atoms with Gasteiger partial charge in [-0.1, -0.05) is 0 Å². The van der Waals surface area contributed by atoms with E-state index in [4.69, 9.17) is 0 Å². The number of hydrogen-bond acceptors (Lipinski definition) is 7. The van der Waals surface area contributed by atoms with E-state index in [9.17, 15) is 31.2 Å². The molecule has 0 radical (unpaired) electrons. The summed E-state index contributed by atoms with van der Waals surface area (Å²) >= 11 is 0. The average molecular weight is 538 g/mol. The highest BCUT2D eigenvalue weighted by Crippen LogP contribution is 2.21. The third kappa shape index (κ3) is 6.26. The number of benzene rings is 2. The molecule has 194 valence electrons. The van der Waals surface area contributed by atoms with Gasteiger partial charge in [0.05, 0.1) is 16.3 Å². The number of sulfonamides is 2. The molecule has 12 nitrogen and oxygen atoms in total. The second-order valence-corrected chi connectivity index (χ2v) is 12.2. The van der Waals surface area contributed by atoms with Crippen molar-refractivity contribution in [1.82, 2.24) is 24.8 Å². The molecule has 2 aromatic carbocycles. The zero-order chi connectivity index (χ0) is 26.5. The molecular formula is C22H27N5O7S2. The minimum Gasteiger partial charge on any atom is -0.343 e. The summed E-state index contributed by atoms with van der Waals surface area (Å²) < 4.78 is 51.7. The van der Waals surface area contributed by atoms with E-state index in [2.05, 4.69) is 16.2 Å². The molecule has 0 aromatic heterocycles. The van der Waals surface area contributed by atoms with Crippen molar-refractivity contribution in [2.75, 3.05) is 33.7 Å². The number of hydrogen-bond donors (Lipinski definition) is 3. The first kappa shape index (κ1) is 27.3. The Morgan fingerprint density at radius 2 is 1.28 bits per heavy atom. The molecule has 1 aliphatic heterocycles. The van der Waals surface area contributed by atoms with E-state index in [-0.39, 0.29) is 20.9 Å². The number of nitrogens with one attached hydrogen (secondary N) is 3. The van der Waals surface area contributed by atoms with Crippen LogP contribution in [0.15, 0.2) is 58.3 Å². The summed E-state index contributed by atoms with van der Waals surface area (Å²) in [7, 11) is -4.45. The Balaban J connectivity index is 1.48. The average Bonchev–Trinajstić information content (AvgIpc) is 3.42. The summed E-state index contributed by atoms with van der Waals surface area (Å²) in [6.45, 7) is 0.493. The Morgan fingerprint density at radius 1 is 0.778 bits per heavy atom. The van der Waals surface area contributed by atoms with Crippen molar-refractivity contribution in [2.24, 2.45) is 0 Å². The molecule has 1 heterocycles. The van der Waals surface area contributed by atoms with Gasteiger partial charge in [-0.3, -0.25) is 25.2 Å². The number of amides is 3. The van der Waals surface area contributed by atoms with E-state index in [1.54, 1.807) is 0 Å². The largest absolute Gasteiger partial charge is 0.343 e. The fourth-order valence-corrected chi connectivity index (χ4v) is 5.77. The highest BCUT2D eigenvalue weighted by Gasteiger charge is 2.27. The number of hydrazine groups is 1. The predicted octanol–water partition coefficient (Wildman–Crippen LogP) is -0.0876. The van der Waals surface area contributed by atoms with Gasteiger partial charge in [0.1, 0.15) is 0 Å². The predicted molar refractivity (Wildman–Crippen MR) is 130 cm³/mol. The molecule has 36 heavy (non-hydrogen) atoms. The normalized spacial score (nSPS) is 14.4. The second-order valence-electron chi connectivity index (χ2n) is 8.13. The van der Waals surface area contributed by atoms with Crippen molar-refractivity contribution < 1.29 is 31.2 Å². The molecule has 3 rings (SSSR count). The molecule has 1 aliphatic rings. The van der Waals surface area contributed by atoms with E-state index in [0.29, 0.717) is 13.1 Å². The number of rotatable bonds is 8. The summed E-state index contributed by atoms with van der Waals surface area (Å²) in [4.78, 5) is 36.6. The van der Waals surface area contributed by atoms with Gasteiger partial charge in [-0.2, -0.15) is 4.31 Å². The lowest BCUT2D eigenvalue weighted by Gasteiger charge is -2.15. The van der Waals surface area contributed by atoms with Crippen LogP contribution in [0, 0.1) is 0 Å². The van der Waals surface area contributed by atoms with Crippen LogP contribution < -0.4 is 16.2 Å². The SMILES string of the molecule is CN(C)S(=O)(=O)c1ccc(C(=O)NNC(=O)CNC(=O)c2ccc(S(=O)(=O)N3CCCC3)cc2)cc1. The van der Waals surface area contributed by atoms with Gasteiger partial charge in [-0.25, -0.2) is 21.1 Å². The van der Waals surface area contributed by atoms with E-state index >= 15 is 0 Å². The molecular weight excluding hydrogens is 510 g/mol. The van der Waals surface area contributed by atoms with Gasteiger partial charge in [0.15, 0.2) is 0 Å². The lowest BCUT2D eigenvalue weighted by Crippen LogP contribution is -2.46. The zero-order valence-corrected chi connectivity index (χ0v) is 21.4. The monoisotopic (exact) mass is 537 g/mol. The van der Waals surface area contributed by atoms with Gasteiger partial charge in [-0.05, 0) is 61.4 Å². The Hall–Kier alpha value is -3.33. The molecule has 0 aliphatic carbocycles. The van der Waals surface area contributed by atoms with Crippen LogP contribution in [0.4, 0.5) is 0 Å². The third-order valence-electron chi connectivity index (χ3n) is 5.44. The lowest BCUT2D eigenvalue weighted by molar-refractivity contribution is -0.120. The summed E-state index contributed by atoms with van der Waals surface area (Å²) in [5.41, 5.74) is 4.60. The van der Waals surface area contributed by atoms with Crippen molar-refractivity contribution in [2.45, 2.75) is 22.6 Å². The van der Waals surface area contributed by atoms with Gasteiger partial charge in [0, 0.05) is 38.3 Å². The molecule has 0 atom stereocenters. The molecule has 0 unspecified atom stereocenters. The Morgan fingerprint density at radius 3 is 1.81 bits per heavy atom. The Bertz CT molecular complexity index is 1330. The summed E-state index contributed by atoms with van der Waals surface area (Å²) in [5.74, 6) is -1.99. The standard InChI is InChI=1S/C22H27N5O7S2/c1-26(2)35(31,32)18-9-7-17(8-10-18)22(30)25-24-20(28)15-23-21(29)16-5-11-19(12-6-16)36(33,34)27-13-3-4-14-27/h5-12H,3-4,13-15H2,1-2H3,(H,23,29)(H,24,28)(H,25,30). The van der Waals surface area contributed by atoms with Crippen LogP contribution in [0.25, 0.3) is 0 Å². The molecule has 1 fully saturated rings. The van der Waals surface area contributed by atoms with E-state index in [1.807, 2.05) is 0 Å². The quantitative estimate of drug-likeness (QED) is 0.397. The molecule has 0 saturated carbocycles. The van der Waals surface area contributed by atoms with Crippen molar-refractivity contribution >= 4 is 37.8 Å². The molecule has 2 aromatic rings. The first-order valence-electron chi connectivity index (χ1n) is 10.9. The maximum atomic E-state index is 12.6. The maximum absolute atomic E-state index is 12.6. The fraction of sp³-hybridized carbons (Fsp3) is 0.318. The highest BCUT2D eigenvalue weighted by molar-refractivity contribution is 7.89. The van der Waals surface area contributed by atoms with Gasteiger partial charge < -0.3 is 5.32 Å². The van der Waals surface area contributed by atoms with Crippen molar-refractivity contribution in [1.29, 1.82) is 0 Å². The van der Waals surface area contributed by atoms with Gasteiger partial charge in [0.2, 0.25) is 20.0 Å². The van der Waals surface area contributed by atoms with Crippen molar-refractivity contribution in [3.63, 3.8) is 0 Å². The van der Waals surface area contributed by atoms with Crippen molar-refractivity contribution in [3.8, 4) is 0 Å². The highest BCUT2D eigenvalue weighted by atomic mass is 32.2. The molecule has 0 bridgehead atoms. The minimum atomic E-state index is -3.64. The van der Waals surface area contributed by atoms with Gasteiger partial charge in [-0.15, -0.1) is 0 Å². The molecule has 1 saturated heterocycles. The number of carbonyl (C=O) groups excluding carboxylic acids is 3. The van der Waals surface area contributed by atoms with Crippen LogP contribution >= 0.6 is 0 Å². The fourth-order valence-electron chi connectivity index (χ4n) is 3.35. The maximum Gasteiger partial charge on any atom is 0.269 e. The van der Waals surface area contributed by atoms with Crippen LogP contribution in [0.2, 0.25) is 0 Å².